The van der Waals surface area contributed by atoms with E-state index in [1.54, 1.807) is 6.07 Å². The second kappa shape index (κ2) is 7.20. The Morgan fingerprint density at radius 3 is 3.00 bits per heavy atom. The number of hydrogen-bond donors (Lipinski definition) is 2. The molecule has 0 radical (unpaired) electrons. The number of anilines is 1. The van der Waals surface area contributed by atoms with Crippen molar-refractivity contribution in [3.05, 3.63) is 65.6 Å². The zero-order valence-electron chi connectivity index (χ0n) is 14.6. The maximum absolute atomic E-state index is 14.2. The Balaban J connectivity index is 1.35. The van der Waals surface area contributed by atoms with Gasteiger partial charge in [-0.2, -0.15) is 0 Å². The first-order valence-electron chi connectivity index (χ1n) is 9.06. The maximum atomic E-state index is 14.2. The summed E-state index contributed by atoms with van der Waals surface area (Å²) in [6, 6.07) is 13.3. The Labute approximate surface area is 152 Å². The molecule has 4 rings (SSSR count). The van der Waals surface area contributed by atoms with Crippen molar-refractivity contribution < 1.29 is 9.18 Å². The molecule has 1 aliphatic rings. The Kier molecular flexibility index (Phi) is 4.61. The number of benzene rings is 2. The molecule has 4 nitrogen and oxygen atoms in total. The molecule has 134 valence electrons. The Morgan fingerprint density at radius 2 is 2.08 bits per heavy atom. The summed E-state index contributed by atoms with van der Waals surface area (Å²) in [7, 11) is 0. The summed E-state index contributed by atoms with van der Waals surface area (Å²) in [6.45, 7) is 1.48. The third-order valence-electron chi connectivity index (χ3n) is 4.99. The summed E-state index contributed by atoms with van der Waals surface area (Å²) in [5.74, 6) is -0.310. The number of carbonyl (C=O) groups is 1. The van der Waals surface area contributed by atoms with Crippen LogP contribution in [0.1, 0.15) is 17.5 Å². The van der Waals surface area contributed by atoms with Crippen molar-refractivity contribution in [1.82, 2.24) is 10.3 Å². The second-order valence-electron chi connectivity index (χ2n) is 6.73. The predicted molar refractivity (Wildman–Crippen MR) is 102 cm³/mol. The van der Waals surface area contributed by atoms with Crippen LogP contribution >= 0.6 is 0 Å². The molecule has 2 heterocycles. The first-order valence-corrected chi connectivity index (χ1v) is 9.06. The van der Waals surface area contributed by atoms with E-state index in [0.717, 1.165) is 30.3 Å². The quantitative estimate of drug-likeness (QED) is 0.740. The first kappa shape index (κ1) is 16.6. The first-order chi connectivity index (χ1) is 12.7. The Morgan fingerprint density at radius 1 is 1.19 bits per heavy atom. The van der Waals surface area contributed by atoms with E-state index in [1.165, 1.54) is 17.0 Å². The summed E-state index contributed by atoms with van der Waals surface area (Å²) in [4.78, 5) is 17.4. The summed E-state index contributed by atoms with van der Waals surface area (Å²) in [5, 5.41) is 4.15. The van der Waals surface area contributed by atoms with E-state index < -0.39 is 0 Å². The molecule has 0 fully saturated rings. The minimum atomic E-state index is -0.242. The van der Waals surface area contributed by atoms with E-state index in [2.05, 4.69) is 16.4 Å². The topological polar surface area (TPSA) is 48.1 Å². The molecule has 3 aromatic rings. The summed E-state index contributed by atoms with van der Waals surface area (Å²) >= 11 is 0. The molecule has 5 heteroatoms. The van der Waals surface area contributed by atoms with Crippen molar-refractivity contribution in [3.8, 4) is 0 Å². The highest BCUT2D eigenvalue weighted by atomic mass is 19.1. The van der Waals surface area contributed by atoms with Crippen molar-refractivity contribution in [3.63, 3.8) is 0 Å². The molecule has 0 saturated carbocycles. The number of nitrogens with zero attached hydrogens (tertiary/aromatic N) is 1. The van der Waals surface area contributed by atoms with E-state index in [4.69, 9.17) is 0 Å². The van der Waals surface area contributed by atoms with Crippen LogP contribution in [0.2, 0.25) is 0 Å². The SMILES string of the molecule is O=C(CN1CCCc2cccc(F)c21)NCCc1c[nH]c2ccccc12. The van der Waals surface area contributed by atoms with Crippen molar-refractivity contribution in [2.75, 3.05) is 24.5 Å². The Bertz CT molecular complexity index is 934. The molecule has 2 N–H and O–H groups in total. The zero-order valence-corrected chi connectivity index (χ0v) is 14.6. The second-order valence-corrected chi connectivity index (χ2v) is 6.73. The number of rotatable bonds is 5. The number of carbonyl (C=O) groups excluding carboxylic acids is 1. The Hall–Kier alpha value is -2.82. The number of amides is 1. The molecule has 0 saturated heterocycles. The highest BCUT2D eigenvalue weighted by molar-refractivity contribution is 5.84. The molecular formula is C21H22FN3O. The van der Waals surface area contributed by atoms with Gasteiger partial charge in [0.15, 0.2) is 0 Å². The van der Waals surface area contributed by atoms with Gasteiger partial charge in [-0.3, -0.25) is 4.79 Å². The molecule has 0 aliphatic carbocycles. The van der Waals surface area contributed by atoms with Crippen molar-refractivity contribution in [2.24, 2.45) is 0 Å². The average Bonchev–Trinajstić information content (AvgIpc) is 3.05. The number of para-hydroxylation sites is 2. The predicted octanol–water partition coefficient (Wildman–Crippen LogP) is 3.42. The smallest absolute Gasteiger partial charge is 0.239 e. The van der Waals surface area contributed by atoms with Crippen LogP contribution in [0.15, 0.2) is 48.7 Å². The summed E-state index contributed by atoms with van der Waals surface area (Å²) in [5.41, 5.74) is 3.87. The van der Waals surface area contributed by atoms with E-state index in [9.17, 15) is 9.18 Å². The molecule has 0 atom stereocenters. The number of aryl methyl sites for hydroxylation is 1. The van der Waals surface area contributed by atoms with Gasteiger partial charge in [0.05, 0.1) is 12.2 Å². The van der Waals surface area contributed by atoms with Crippen LogP contribution in [0, 0.1) is 5.82 Å². The van der Waals surface area contributed by atoms with Crippen molar-refractivity contribution in [2.45, 2.75) is 19.3 Å². The number of halogens is 1. The number of nitrogens with one attached hydrogen (secondary N) is 2. The lowest BCUT2D eigenvalue weighted by molar-refractivity contribution is -0.119. The van der Waals surface area contributed by atoms with Gasteiger partial charge in [-0.05, 0) is 42.5 Å². The minimum absolute atomic E-state index is 0.0686. The molecule has 2 aromatic carbocycles. The molecule has 0 spiro atoms. The van der Waals surface area contributed by atoms with Crippen LogP contribution in [0.25, 0.3) is 10.9 Å². The van der Waals surface area contributed by atoms with E-state index >= 15 is 0 Å². The molecular weight excluding hydrogens is 329 g/mol. The number of hydrogen-bond acceptors (Lipinski definition) is 2. The standard InChI is InChI=1S/C21H22FN3O/c22-18-8-3-5-15-6-4-12-25(21(15)18)14-20(26)23-11-10-16-13-24-19-9-2-1-7-17(16)19/h1-3,5,7-9,13,24H,4,6,10-12,14H2,(H,23,26). The highest BCUT2D eigenvalue weighted by Gasteiger charge is 2.22. The van der Waals surface area contributed by atoms with Crippen LogP contribution in [-0.2, 0) is 17.6 Å². The lowest BCUT2D eigenvalue weighted by Crippen LogP contribution is -2.40. The summed E-state index contributed by atoms with van der Waals surface area (Å²) < 4.78 is 14.2. The molecule has 0 bridgehead atoms. The highest BCUT2D eigenvalue weighted by Crippen LogP contribution is 2.29. The molecule has 1 aliphatic heterocycles. The van der Waals surface area contributed by atoms with Crippen LogP contribution in [0.5, 0.6) is 0 Å². The van der Waals surface area contributed by atoms with Gasteiger partial charge in [-0.1, -0.05) is 30.3 Å². The molecule has 0 unspecified atom stereocenters. The van der Waals surface area contributed by atoms with Gasteiger partial charge in [-0.15, -0.1) is 0 Å². The van der Waals surface area contributed by atoms with Gasteiger partial charge in [0, 0.05) is 30.2 Å². The zero-order chi connectivity index (χ0) is 17.9. The third kappa shape index (κ3) is 3.29. The van der Waals surface area contributed by atoms with Crippen LogP contribution in [-0.4, -0.2) is 30.5 Å². The van der Waals surface area contributed by atoms with E-state index in [0.29, 0.717) is 18.8 Å². The van der Waals surface area contributed by atoms with E-state index in [-0.39, 0.29) is 18.3 Å². The minimum Gasteiger partial charge on any atom is -0.361 e. The average molecular weight is 351 g/mol. The normalized spacial score (nSPS) is 13.7. The fourth-order valence-corrected chi connectivity index (χ4v) is 3.75. The van der Waals surface area contributed by atoms with Gasteiger partial charge in [0.25, 0.3) is 0 Å². The van der Waals surface area contributed by atoms with Gasteiger partial charge < -0.3 is 15.2 Å². The fourth-order valence-electron chi connectivity index (χ4n) is 3.75. The number of H-pyrrole nitrogens is 1. The van der Waals surface area contributed by atoms with Gasteiger partial charge >= 0.3 is 0 Å². The van der Waals surface area contributed by atoms with Gasteiger partial charge in [0.2, 0.25) is 5.91 Å². The molecule has 1 amide bonds. The lowest BCUT2D eigenvalue weighted by Gasteiger charge is -2.31. The molecule has 1 aromatic heterocycles. The fraction of sp³-hybridized carbons (Fsp3) is 0.286. The number of aromatic amines is 1. The van der Waals surface area contributed by atoms with Gasteiger partial charge in [-0.25, -0.2) is 4.39 Å². The summed E-state index contributed by atoms with van der Waals surface area (Å²) in [6.07, 6.45) is 4.57. The van der Waals surface area contributed by atoms with Crippen LogP contribution in [0.4, 0.5) is 10.1 Å². The van der Waals surface area contributed by atoms with E-state index in [1.807, 2.05) is 35.4 Å². The number of fused-ring (bicyclic) bond motifs is 2. The van der Waals surface area contributed by atoms with Crippen LogP contribution < -0.4 is 10.2 Å². The lowest BCUT2D eigenvalue weighted by atomic mass is 10.0. The largest absolute Gasteiger partial charge is 0.361 e. The maximum Gasteiger partial charge on any atom is 0.239 e. The van der Waals surface area contributed by atoms with Gasteiger partial charge in [0.1, 0.15) is 5.82 Å². The molecule has 26 heavy (non-hydrogen) atoms. The van der Waals surface area contributed by atoms with Crippen molar-refractivity contribution in [1.29, 1.82) is 0 Å². The number of aromatic nitrogens is 1. The van der Waals surface area contributed by atoms with Crippen LogP contribution in [0.3, 0.4) is 0 Å². The third-order valence-corrected chi connectivity index (χ3v) is 4.99. The van der Waals surface area contributed by atoms with Crippen molar-refractivity contribution >= 4 is 22.5 Å². The monoisotopic (exact) mass is 351 g/mol.